The van der Waals surface area contributed by atoms with Crippen LogP contribution >= 0.6 is 34.5 Å². The molecule has 158 valence electrons. The summed E-state index contributed by atoms with van der Waals surface area (Å²) >= 11 is 14.1. The van der Waals surface area contributed by atoms with Crippen molar-refractivity contribution in [3.63, 3.8) is 0 Å². The molecular weight excluding hydrogens is 445 g/mol. The number of rotatable bonds is 8. The summed E-state index contributed by atoms with van der Waals surface area (Å²) in [6.45, 7) is 4.16. The molecule has 0 bridgehead atoms. The average molecular weight is 466 g/mol. The first kappa shape index (κ1) is 22.3. The van der Waals surface area contributed by atoms with Crippen LogP contribution in [0.2, 0.25) is 10.0 Å². The van der Waals surface area contributed by atoms with Crippen molar-refractivity contribution in [3.8, 4) is 5.75 Å². The number of amides is 2. The van der Waals surface area contributed by atoms with Crippen molar-refractivity contribution in [1.29, 1.82) is 0 Å². The zero-order valence-electron chi connectivity index (χ0n) is 16.6. The molecular formula is C21H21Cl2N3O3S. The number of benzene rings is 1. The highest BCUT2D eigenvalue weighted by atomic mass is 35.5. The highest BCUT2D eigenvalue weighted by Gasteiger charge is 2.19. The number of thiophene rings is 1. The van der Waals surface area contributed by atoms with E-state index >= 15 is 0 Å². The van der Waals surface area contributed by atoms with Crippen molar-refractivity contribution in [3.05, 3.63) is 56.3 Å². The molecule has 0 spiro atoms. The summed E-state index contributed by atoms with van der Waals surface area (Å²) in [5.74, 6) is -0.257. The highest BCUT2D eigenvalue weighted by molar-refractivity contribution is 7.09. The Bertz CT molecular complexity index is 1060. The predicted molar refractivity (Wildman–Crippen MR) is 120 cm³/mol. The van der Waals surface area contributed by atoms with Crippen molar-refractivity contribution in [2.24, 2.45) is 0 Å². The molecule has 0 radical (unpaired) electrons. The quantitative estimate of drug-likeness (QED) is 0.533. The van der Waals surface area contributed by atoms with Gasteiger partial charge in [-0.05, 0) is 43.5 Å². The van der Waals surface area contributed by atoms with Gasteiger partial charge in [0, 0.05) is 22.5 Å². The fourth-order valence-electron chi connectivity index (χ4n) is 2.86. The number of ether oxygens (including phenoxy) is 1. The van der Waals surface area contributed by atoms with Gasteiger partial charge in [-0.15, -0.1) is 11.3 Å². The van der Waals surface area contributed by atoms with Gasteiger partial charge >= 0.3 is 0 Å². The molecule has 0 atom stereocenters. The van der Waals surface area contributed by atoms with Gasteiger partial charge in [0.15, 0.2) is 12.4 Å². The molecule has 3 rings (SSSR count). The largest absolute Gasteiger partial charge is 0.480 e. The minimum atomic E-state index is -0.324. The Morgan fingerprint density at radius 3 is 2.73 bits per heavy atom. The summed E-state index contributed by atoms with van der Waals surface area (Å²) in [6, 6.07) is 9.11. The molecule has 0 fully saturated rings. The van der Waals surface area contributed by atoms with E-state index in [1.807, 2.05) is 36.6 Å². The van der Waals surface area contributed by atoms with Crippen molar-refractivity contribution in [2.75, 3.05) is 19.7 Å². The van der Waals surface area contributed by atoms with Crippen LogP contribution in [0.15, 0.2) is 35.7 Å². The van der Waals surface area contributed by atoms with Crippen LogP contribution in [0.1, 0.15) is 17.5 Å². The Balaban J connectivity index is 1.65. The van der Waals surface area contributed by atoms with Crippen molar-refractivity contribution >= 4 is 57.3 Å². The molecule has 0 saturated carbocycles. The maximum absolute atomic E-state index is 12.6. The number of pyridine rings is 1. The third-order valence-electron chi connectivity index (χ3n) is 4.43. The number of aryl methyl sites for hydroxylation is 1. The number of likely N-dealkylation sites (N-methyl/N-ethyl adjacent to an activating group) is 1. The van der Waals surface area contributed by atoms with Crippen LogP contribution < -0.4 is 10.1 Å². The standard InChI is InChI=1S/C21H21Cl2N3O3S/c1-3-26(11-18(27)24-10-14-5-4-8-30-14)19(28)12-29-21-17(23)9-16(22)15-7-6-13(2)25-20(15)21/h4-9H,3,10-12H2,1-2H3,(H,24,27). The molecule has 0 unspecified atom stereocenters. The van der Waals surface area contributed by atoms with E-state index in [2.05, 4.69) is 10.3 Å². The van der Waals surface area contributed by atoms with Crippen LogP contribution in [0.5, 0.6) is 5.75 Å². The monoisotopic (exact) mass is 465 g/mol. The van der Waals surface area contributed by atoms with Crippen LogP contribution in [0, 0.1) is 6.92 Å². The van der Waals surface area contributed by atoms with Gasteiger partial charge in [0.2, 0.25) is 5.91 Å². The van der Waals surface area contributed by atoms with Gasteiger partial charge in [-0.25, -0.2) is 4.98 Å². The number of carbonyl (C=O) groups is 2. The number of hydrogen-bond acceptors (Lipinski definition) is 5. The summed E-state index contributed by atoms with van der Waals surface area (Å²) in [5, 5.41) is 6.18. The number of fused-ring (bicyclic) bond motifs is 1. The molecule has 1 aromatic carbocycles. The zero-order chi connectivity index (χ0) is 21.7. The normalized spacial score (nSPS) is 10.8. The number of nitrogens with one attached hydrogen (secondary N) is 1. The Kier molecular flexibility index (Phi) is 7.53. The number of hydrogen-bond donors (Lipinski definition) is 1. The lowest BCUT2D eigenvalue weighted by Crippen LogP contribution is -2.42. The van der Waals surface area contributed by atoms with Crippen LogP contribution in [-0.4, -0.2) is 41.4 Å². The summed E-state index contributed by atoms with van der Waals surface area (Å²) in [5.41, 5.74) is 1.27. The molecule has 6 nitrogen and oxygen atoms in total. The molecule has 2 aromatic heterocycles. The molecule has 3 aromatic rings. The van der Waals surface area contributed by atoms with Crippen molar-refractivity contribution < 1.29 is 14.3 Å². The lowest BCUT2D eigenvalue weighted by molar-refractivity contribution is -0.137. The topological polar surface area (TPSA) is 71.5 Å². The van der Waals surface area contributed by atoms with Gasteiger partial charge in [-0.1, -0.05) is 29.3 Å². The van der Waals surface area contributed by atoms with Crippen LogP contribution in [0.3, 0.4) is 0 Å². The average Bonchev–Trinajstić information content (AvgIpc) is 3.23. The summed E-state index contributed by atoms with van der Waals surface area (Å²) in [7, 11) is 0. The van der Waals surface area contributed by atoms with E-state index in [0.717, 1.165) is 10.6 Å². The molecule has 9 heteroatoms. The Morgan fingerprint density at radius 1 is 1.23 bits per heavy atom. The summed E-state index contributed by atoms with van der Waals surface area (Å²) in [4.78, 5) is 31.8. The number of carbonyl (C=O) groups excluding carboxylic acids is 2. The van der Waals surface area contributed by atoms with E-state index in [4.69, 9.17) is 27.9 Å². The van der Waals surface area contributed by atoms with Crippen molar-refractivity contribution in [2.45, 2.75) is 20.4 Å². The highest BCUT2D eigenvalue weighted by Crippen LogP contribution is 2.37. The van der Waals surface area contributed by atoms with E-state index in [0.29, 0.717) is 34.8 Å². The molecule has 1 N–H and O–H groups in total. The fraction of sp³-hybridized carbons (Fsp3) is 0.286. The van der Waals surface area contributed by atoms with Crippen LogP contribution in [-0.2, 0) is 16.1 Å². The van der Waals surface area contributed by atoms with Gasteiger partial charge in [-0.3, -0.25) is 9.59 Å². The summed E-state index contributed by atoms with van der Waals surface area (Å²) < 4.78 is 5.73. The fourth-order valence-corrected chi connectivity index (χ4v) is 4.07. The van der Waals surface area contributed by atoms with E-state index < -0.39 is 0 Å². The third-order valence-corrected chi connectivity index (χ3v) is 5.90. The van der Waals surface area contributed by atoms with E-state index in [1.54, 1.807) is 24.3 Å². The molecule has 0 aliphatic rings. The first-order valence-corrected chi connectivity index (χ1v) is 11.0. The molecule has 0 aliphatic carbocycles. The predicted octanol–water partition coefficient (Wildman–Crippen LogP) is 4.46. The number of aromatic nitrogens is 1. The zero-order valence-corrected chi connectivity index (χ0v) is 18.9. The molecule has 2 heterocycles. The smallest absolute Gasteiger partial charge is 0.260 e. The molecule has 30 heavy (non-hydrogen) atoms. The first-order chi connectivity index (χ1) is 14.4. The van der Waals surface area contributed by atoms with E-state index in [9.17, 15) is 9.59 Å². The van der Waals surface area contributed by atoms with Gasteiger partial charge < -0.3 is 15.0 Å². The van der Waals surface area contributed by atoms with Crippen molar-refractivity contribution in [1.82, 2.24) is 15.2 Å². The molecule has 0 saturated heterocycles. The Morgan fingerprint density at radius 2 is 2.03 bits per heavy atom. The second-order valence-corrected chi connectivity index (χ2v) is 8.42. The summed E-state index contributed by atoms with van der Waals surface area (Å²) in [6.07, 6.45) is 0. The van der Waals surface area contributed by atoms with Gasteiger partial charge in [0.05, 0.1) is 23.1 Å². The van der Waals surface area contributed by atoms with Gasteiger partial charge in [0.1, 0.15) is 5.52 Å². The van der Waals surface area contributed by atoms with E-state index in [1.165, 1.54) is 4.90 Å². The third kappa shape index (κ3) is 5.41. The first-order valence-electron chi connectivity index (χ1n) is 9.34. The second-order valence-electron chi connectivity index (χ2n) is 6.57. The van der Waals surface area contributed by atoms with E-state index in [-0.39, 0.29) is 30.0 Å². The number of halogens is 2. The van der Waals surface area contributed by atoms with Crippen LogP contribution in [0.4, 0.5) is 0 Å². The maximum Gasteiger partial charge on any atom is 0.260 e. The maximum atomic E-state index is 12.6. The number of nitrogens with zero attached hydrogens (tertiary/aromatic N) is 2. The minimum absolute atomic E-state index is 0.0451. The molecule has 2 amide bonds. The Hall–Kier alpha value is -2.35. The van der Waals surface area contributed by atoms with Gasteiger partial charge in [-0.2, -0.15) is 0 Å². The Labute approximate surface area is 188 Å². The molecule has 0 aliphatic heterocycles. The minimum Gasteiger partial charge on any atom is -0.480 e. The second kappa shape index (κ2) is 10.1. The van der Waals surface area contributed by atoms with Gasteiger partial charge in [0.25, 0.3) is 5.91 Å². The SMILES string of the molecule is CCN(CC(=O)NCc1cccs1)C(=O)COc1c(Cl)cc(Cl)c2ccc(C)nc12. The van der Waals surface area contributed by atoms with Crippen LogP contribution in [0.25, 0.3) is 10.9 Å². The lowest BCUT2D eigenvalue weighted by Gasteiger charge is -2.21. The lowest BCUT2D eigenvalue weighted by atomic mass is 10.2.